The molecule has 3 aliphatic rings. The van der Waals surface area contributed by atoms with Crippen LogP contribution < -0.4 is 0 Å². The Morgan fingerprint density at radius 1 is 1.04 bits per heavy atom. The van der Waals surface area contributed by atoms with Crippen LogP contribution in [0.15, 0.2) is 0 Å². The van der Waals surface area contributed by atoms with Gasteiger partial charge < -0.3 is 14.4 Å². The third kappa shape index (κ3) is 3.69. The third-order valence-electron chi connectivity index (χ3n) is 5.03. The van der Waals surface area contributed by atoms with Crippen LogP contribution in [0.5, 0.6) is 0 Å². The average molecular weight is 324 g/mol. The van der Waals surface area contributed by atoms with E-state index in [0.717, 1.165) is 26.1 Å². The first kappa shape index (κ1) is 16.7. The van der Waals surface area contributed by atoms with Gasteiger partial charge in [0.05, 0.1) is 25.4 Å². The Morgan fingerprint density at radius 2 is 1.52 bits per heavy atom. The number of carbonyl (C=O) groups excluding carboxylic acids is 2. The fourth-order valence-electron chi connectivity index (χ4n) is 3.46. The summed E-state index contributed by atoms with van der Waals surface area (Å²) in [4.78, 5) is 28.7. The van der Waals surface area contributed by atoms with E-state index in [1.165, 1.54) is 4.90 Å². The minimum atomic E-state index is -0.758. The molecule has 4 unspecified atom stereocenters. The second kappa shape index (κ2) is 6.06. The lowest BCUT2D eigenvalue weighted by Crippen LogP contribution is -2.46. The Kier molecular flexibility index (Phi) is 4.40. The van der Waals surface area contributed by atoms with Crippen molar-refractivity contribution in [1.29, 1.82) is 0 Å². The molecule has 3 fully saturated rings. The molecule has 3 rings (SSSR count). The molecule has 0 aromatic heterocycles. The maximum Gasteiger partial charge on any atom is 0.327 e. The van der Waals surface area contributed by atoms with Crippen LogP contribution in [-0.2, 0) is 14.3 Å². The number of rotatable bonds is 8. The number of nitrogens with zero attached hydrogens (tertiary/aromatic N) is 2. The molecule has 0 saturated carbocycles. The molecule has 0 spiro atoms. The highest BCUT2D eigenvalue weighted by Gasteiger charge is 2.51. The first-order chi connectivity index (χ1) is 10.8. The summed E-state index contributed by atoms with van der Waals surface area (Å²) in [5.41, 5.74) is -0.758. The van der Waals surface area contributed by atoms with Crippen molar-refractivity contribution in [2.24, 2.45) is 11.8 Å². The number of epoxide rings is 2. The summed E-state index contributed by atoms with van der Waals surface area (Å²) in [6.07, 6.45) is 2.52. The van der Waals surface area contributed by atoms with E-state index in [1.54, 1.807) is 4.90 Å². The zero-order valence-electron chi connectivity index (χ0n) is 14.6. The van der Waals surface area contributed by atoms with Gasteiger partial charge in [-0.3, -0.25) is 9.69 Å². The van der Waals surface area contributed by atoms with Crippen molar-refractivity contribution in [3.05, 3.63) is 0 Å². The van der Waals surface area contributed by atoms with Gasteiger partial charge in [-0.15, -0.1) is 0 Å². The zero-order valence-corrected chi connectivity index (χ0v) is 14.6. The van der Waals surface area contributed by atoms with Gasteiger partial charge in [0.2, 0.25) is 0 Å². The molecule has 130 valence electrons. The zero-order chi connectivity index (χ0) is 16.8. The first-order valence-corrected chi connectivity index (χ1v) is 8.65. The molecule has 3 amide bonds. The van der Waals surface area contributed by atoms with E-state index in [4.69, 9.17) is 9.47 Å². The van der Waals surface area contributed by atoms with Crippen LogP contribution in [0.1, 0.15) is 40.5 Å². The molecule has 3 saturated heterocycles. The summed E-state index contributed by atoms with van der Waals surface area (Å²) >= 11 is 0. The monoisotopic (exact) mass is 324 g/mol. The van der Waals surface area contributed by atoms with Crippen molar-refractivity contribution in [3.63, 3.8) is 0 Å². The van der Waals surface area contributed by atoms with Crippen LogP contribution in [-0.4, -0.2) is 65.8 Å². The van der Waals surface area contributed by atoms with Crippen molar-refractivity contribution < 1.29 is 19.1 Å². The predicted molar refractivity (Wildman–Crippen MR) is 84.9 cm³/mol. The molecule has 3 aliphatic heterocycles. The molecule has 6 nitrogen and oxygen atoms in total. The van der Waals surface area contributed by atoms with Crippen LogP contribution in [0, 0.1) is 11.8 Å². The lowest BCUT2D eigenvalue weighted by atomic mass is 9.99. The number of carbonyl (C=O) groups is 2. The Balaban J connectivity index is 1.62. The van der Waals surface area contributed by atoms with Gasteiger partial charge in [0.1, 0.15) is 5.54 Å². The van der Waals surface area contributed by atoms with Gasteiger partial charge in [-0.25, -0.2) is 4.79 Å². The number of hydrogen-bond donors (Lipinski definition) is 0. The second-order valence-electron chi connectivity index (χ2n) is 7.96. The highest BCUT2D eigenvalue weighted by atomic mass is 16.6. The van der Waals surface area contributed by atoms with Gasteiger partial charge in [0.15, 0.2) is 0 Å². The van der Waals surface area contributed by atoms with E-state index in [1.807, 2.05) is 13.8 Å². The van der Waals surface area contributed by atoms with E-state index in [0.29, 0.717) is 31.2 Å². The Hall–Kier alpha value is -1.14. The van der Waals surface area contributed by atoms with E-state index in [-0.39, 0.29) is 17.9 Å². The lowest BCUT2D eigenvalue weighted by molar-refractivity contribution is -0.132. The van der Waals surface area contributed by atoms with E-state index in [9.17, 15) is 9.59 Å². The largest absolute Gasteiger partial charge is 0.373 e. The molecule has 0 bridgehead atoms. The highest BCUT2D eigenvalue weighted by Crippen LogP contribution is 2.31. The fourth-order valence-corrected chi connectivity index (χ4v) is 3.46. The summed E-state index contributed by atoms with van der Waals surface area (Å²) in [6.45, 7) is 10.6. The minimum Gasteiger partial charge on any atom is -0.373 e. The molecular formula is C17H28N2O4. The van der Waals surface area contributed by atoms with Gasteiger partial charge in [-0.1, -0.05) is 13.8 Å². The van der Waals surface area contributed by atoms with Crippen LogP contribution in [0.2, 0.25) is 0 Å². The van der Waals surface area contributed by atoms with Crippen molar-refractivity contribution in [2.75, 3.05) is 26.3 Å². The molecule has 4 atom stereocenters. The standard InChI is InChI=1S/C17H28N2O4/c1-11(5-13-9-22-13)7-18-15(20)17(3,4)19(16(18)21)8-12(2)6-14-10-23-14/h11-14H,5-10H2,1-4H3. The summed E-state index contributed by atoms with van der Waals surface area (Å²) in [7, 11) is 0. The maximum atomic E-state index is 12.8. The Labute approximate surface area is 138 Å². The summed E-state index contributed by atoms with van der Waals surface area (Å²) < 4.78 is 10.5. The Bertz CT molecular complexity index is 485. The number of hydrogen-bond acceptors (Lipinski definition) is 4. The molecular weight excluding hydrogens is 296 g/mol. The Morgan fingerprint density at radius 3 is 2.00 bits per heavy atom. The van der Waals surface area contributed by atoms with Crippen molar-refractivity contribution >= 4 is 11.9 Å². The van der Waals surface area contributed by atoms with Crippen LogP contribution >= 0.6 is 0 Å². The molecule has 0 N–H and O–H groups in total. The number of amides is 3. The van der Waals surface area contributed by atoms with E-state index >= 15 is 0 Å². The topological polar surface area (TPSA) is 65.7 Å². The third-order valence-corrected chi connectivity index (χ3v) is 5.03. The van der Waals surface area contributed by atoms with Gasteiger partial charge in [0, 0.05) is 13.1 Å². The first-order valence-electron chi connectivity index (χ1n) is 8.65. The van der Waals surface area contributed by atoms with Gasteiger partial charge >= 0.3 is 6.03 Å². The van der Waals surface area contributed by atoms with Gasteiger partial charge in [0.25, 0.3) is 5.91 Å². The summed E-state index contributed by atoms with van der Waals surface area (Å²) in [5, 5.41) is 0. The maximum absolute atomic E-state index is 12.8. The summed E-state index contributed by atoms with van der Waals surface area (Å²) in [5.74, 6) is 0.514. The van der Waals surface area contributed by atoms with Crippen LogP contribution in [0.3, 0.4) is 0 Å². The molecule has 3 heterocycles. The minimum absolute atomic E-state index is 0.0825. The molecule has 0 aromatic carbocycles. The van der Waals surface area contributed by atoms with Crippen molar-refractivity contribution in [3.8, 4) is 0 Å². The van der Waals surface area contributed by atoms with E-state index < -0.39 is 5.54 Å². The molecule has 0 aromatic rings. The second-order valence-corrected chi connectivity index (χ2v) is 7.96. The van der Waals surface area contributed by atoms with Crippen LogP contribution in [0.4, 0.5) is 4.79 Å². The molecule has 0 radical (unpaired) electrons. The van der Waals surface area contributed by atoms with Crippen molar-refractivity contribution in [1.82, 2.24) is 9.80 Å². The predicted octanol–water partition coefficient (Wildman–Crippen LogP) is 1.88. The smallest absolute Gasteiger partial charge is 0.327 e. The van der Waals surface area contributed by atoms with Gasteiger partial charge in [-0.2, -0.15) is 0 Å². The number of ether oxygens (including phenoxy) is 2. The fraction of sp³-hybridized carbons (Fsp3) is 0.882. The lowest BCUT2D eigenvalue weighted by Gasteiger charge is -2.30. The molecule has 6 heteroatoms. The number of urea groups is 1. The quantitative estimate of drug-likeness (QED) is 0.505. The molecule has 0 aliphatic carbocycles. The highest BCUT2D eigenvalue weighted by molar-refractivity contribution is 6.06. The number of imide groups is 1. The summed E-state index contributed by atoms with van der Waals surface area (Å²) in [6, 6.07) is -0.146. The normalized spacial score (nSPS) is 31.5. The SMILES string of the molecule is CC(CC1CO1)CN1C(=O)N(CC(C)CC2CO2)C(C)(C)C1=O. The molecule has 23 heavy (non-hydrogen) atoms. The van der Waals surface area contributed by atoms with Crippen LogP contribution in [0.25, 0.3) is 0 Å². The average Bonchev–Trinajstić information content (AvgIpc) is 3.36. The van der Waals surface area contributed by atoms with Gasteiger partial charge in [-0.05, 0) is 38.5 Å². The van der Waals surface area contributed by atoms with E-state index in [2.05, 4.69) is 13.8 Å². The van der Waals surface area contributed by atoms with Crippen molar-refractivity contribution in [2.45, 2.75) is 58.3 Å².